The Morgan fingerprint density at radius 2 is 2.14 bits per heavy atom. The fourth-order valence-electron chi connectivity index (χ4n) is 2.85. The molecule has 2 heterocycles. The van der Waals surface area contributed by atoms with Crippen LogP contribution in [0.2, 0.25) is 0 Å². The molecule has 0 atom stereocenters. The van der Waals surface area contributed by atoms with Crippen LogP contribution < -0.4 is 5.56 Å². The van der Waals surface area contributed by atoms with Crippen LogP contribution in [0.5, 0.6) is 0 Å². The number of imidazole rings is 1. The standard InChI is InChI=1S/C20H15FN4O3S/c1-28-19(27)12-5-6-15-16(9-12)23-17(24-18(15)26)11-29-20-22-7-8-25(20)14-4-2-3-13(21)10-14/h2-10H,11H2,1H3,(H,23,24,26). The zero-order valence-electron chi connectivity index (χ0n) is 15.3. The van der Waals surface area contributed by atoms with Crippen molar-refractivity contribution in [1.82, 2.24) is 19.5 Å². The number of carbonyl (C=O) groups excluding carboxylic acids is 1. The molecule has 9 heteroatoms. The number of halogens is 1. The predicted octanol–water partition coefficient (Wildman–Crippen LogP) is 3.33. The molecule has 0 saturated carbocycles. The molecule has 0 aliphatic heterocycles. The lowest BCUT2D eigenvalue weighted by Crippen LogP contribution is -2.12. The molecule has 0 unspecified atom stereocenters. The summed E-state index contributed by atoms with van der Waals surface area (Å²) < 4.78 is 20.0. The van der Waals surface area contributed by atoms with Crippen LogP contribution in [0.4, 0.5) is 4.39 Å². The molecule has 1 N–H and O–H groups in total. The first-order valence-electron chi connectivity index (χ1n) is 8.58. The van der Waals surface area contributed by atoms with Gasteiger partial charge in [0.1, 0.15) is 11.6 Å². The van der Waals surface area contributed by atoms with E-state index in [2.05, 4.69) is 15.0 Å². The van der Waals surface area contributed by atoms with Gasteiger partial charge in [-0.2, -0.15) is 0 Å². The van der Waals surface area contributed by atoms with E-state index in [0.29, 0.717) is 38.9 Å². The maximum absolute atomic E-state index is 13.5. The van der Waals surface area contributed by atoms with Crippen molar-refractivity contribution in [3.8, 4) is 5.69 Å². The molecule has 0 aliphatic carbocycles. The van der Waals surface area contributed by atoms with Crippen molar-refractivity contribution < 1.29 is 13.9 Å². The SMILES string of the molecule is COC(=O)c1ccc2c(=O)[nH]c(CSc3nccn3-c3cccc(F)c3)nc2c1. The van der Waals surface area contributed by atoms with Gasteiger partial charge in [0, 0.05) is 12.4 Å². The van der Waals surface area contributed by atoms with Crippen molar-refractivity contribution in [2.75, 3.05) is 7.11 Å². The minimum absolute atomic E-state index is 0.296. The molecule has 0 spiro atoms. The van der Waals surface area contributed by atoms with E-state index >= 15 is 0 Å². The highest BCUT2D eigenvalue weighted by Gasteiger charge is 2.12. The van der Waals surface area contributed by atoms with Crippen LogP contribution in [0.25, 0.3) is 16.6 Å². The Morgan fingerprint density at radius 1 is 1.28 bits per heavy atom. The zero-order chi connectivity index (χ0) is 20.4. The summed E-state index contributed by atoms with van der Waals surface area (Å²) in [5, 5.41) is 1.01. The Morgan fingerprint density at radius 3 is 2.93 bits per heavy atom. The summed E-state index contributed by atoms with van der Waals surface area (Å²) in [6.07, 6.45) is 3.35. The van der Waals surface area contributed by atoms with Crippen molar-refractivity contribution in [3.63, 3.8) is 0 Å². The first-order chi connectivity index (χ1) is 14.0. The number of rotatable bonds is 5. The van der Waals surface area contributed by atoms with Gasteiger partial charge in [0.2, 0.25) is 0 Å². The third kappa shape index (κ3) is 3.90. The fraction of sp³-hybridized carbons (Fsp3) is 0.100. The Kier molecular flexibility index (Phi) is 5.13. The number of hydrogen-bond acceptors (Lipinski definition) is 6. The molecular weight excluding hydrogens is 395 g/mol. The van der Waals surface area contributed by atoms with Gasteiger partial charge in [0.15, 0.2) is 5.16 Å². The molecule has 0 fully saturated rings. The number of benzene rings is 2. The number of hydrogen-bond donors (Lipinski definition) is 1. The molecule has 0 aliphatic rings. The fourth-order valence-corrected chi connectivity index (χ4v) is 3.70. The third-order valence-corrected chi connectivity index (χ3v) is 5.19. The van der Waals surface area contributed by atoms with E-state index in [0.717, 1.165) is 0 Å². The minimum Gasteiger partial charge on any atom is -0.465 e. The number of methoxy groups -OCH3 is 1. The summed E-state index contributed by atoms with van der Waals surface area (Å²) in [7, 11) is 1.29. The van der Waals surface area contributed by atoms with E-state index in [9.17, 15) is 14.0 Å². The van der Waals surface area contributed by atoms with Crippen LogP contribution in [0.3, 0.4) is 0 Å². The van der Waals surface area contributed by atoms with Crippen molar-refractivity contribution in [2.45, 2.75) is 10.9 Å². The van der Waals surface area contributed by atoms with Gasteiger partial charge in [-0.3, -0.25) is 9.36 Å². The van der Waals surface area contributed by atoms with Crippen LogP contribution in [0.1, 0.15) is 16.2 Å². The Bertz CT molecular complexity index is 1270. The van der Waals surface area contributed by atoms with E-state index in [1.807, 2.05) is 0 Å². The number of thioether (sulfide) groups is 1. The van der Waals surface area contributed by atoms with Gasteiger partial charge >= 0.3 is 5.97 Å². The molecule has 0 amide bonds. The molecule has 0 bridgehead atoms. The molecule has 2 aromatic carbocycles. The lowest BCUT2D eigenvalue weighted by atomic mass is 10.1. The second kappa shape index (κ2) is 7.88. The van der Waals surface area contributed by atoms with Crippen LogP contribution in [-0.4, -0.2) is 32.6 Å². The van der Waals surface area contributed by atoms with Gasteiger partial charge < -0.3 is 9.72 Å². The number of esters is 1. The number of H-pyrrole nitrogens is 1. The van der Waals surface area contributed by atoms with Crippen molar-refractivity contribution in [3.05, 3.63) is 82.4 Å². The van der Waals surface area contributed by atoms with E-state index in [1.54, 1.807) is 35.2 Å². The summed E-state index contributed by atoms with van der Waals surface area (Å²) in [5.41, 5.74) is 1.07. The van der Waals surface area contributed by atoms with Crippen molar-refractivity contribution >= 4 is 28.6 Å². The van der Waals surface area contributed by atoms with Crippen LogP contribution in [0, 0.1) is 5.82 Å². The smallest absolute Gasteiger partial charge is 0.337 e. The van der Waals surface area contributed by atoms with Crippen LogP contribution in [0.15, 0.2) is 64.8 Å². The Hall–Kier alpha value is -3.46. The summed E-state index contributed by atoms with van der Waals surface area (Å²) in [4.78, 5) is 35.6. The van der Waals surface area contributed by atoms with Crippen LogP contribution in [-0.2, 0) is 10.5 Å². The lowest BCUT2D eigenvalue weighted by Gasteiger charge is -2.08. The molecule has 4 aromatic rings. The highest BCUT2D eigenvalue weighted by Crippen LogP contribution is 2.23. The van der Waals surface area contributed by atoms with Crippen LogP contribution >= 0.6 is 11.8 Å². The maximum atomic E-state index is 13.5. The number of ether oxygens (including phenoxy) is 1. The molecule has 29 heavy (non-hydrogen) atoms. The van der Waals surface area contributed by atoms with Gasteiger partial charge in [0.05, 0.1) is 35.0 Å². The first-order valence-corrected chi connectivity index (χ1v) is 9.57. The third-order valence-electron chi connectivity index (χ3n) is 4.21. The summed E-state index contributed by atoms with van der Waals surface area (Å²) >= 11 is 1.34. The topological polar surface area (TPSA) is 89.9 Å². The Balaban J connectivity index is 1.62. The average molecular weight is 410 g/mol. The van der Waals surface area contributed by atoms with E-state index in [4.69, 9.17) is 4.74 Å². The van der Waals surface area contributed by atoms with E-state index < -0.39 is 5.97 Å². The van der Waals surface area contributed by atoms with E-state index in [1.165, 1.54) is 43.1 Å². The Labute approximate surface area is 168 Å². The monoisotopic (exact) mass is 410 g/mol. The largest absolute Gasteiger partial charge is 0.465 e. The maximum Gasteiger partial charge on any atom is 0.337 e. The number of aromatic nitrogens is 4. The van der Waals surface area contributed by atoms with E-state index in [-0.39, 0.29) is 11.4 Å². The number of nitrogens with one attached hydrogen (secondary N) is 1. The van der Waals surface area contributed by atoms with Crippen molar-refractivity contribution in [2.24, 2.45) is 0 Å². The molecular formula is C20H15FN4O3S. The molecule has 0 radical (unpaired) electrons. The van der Waals surface area contributed by atoms with Gasteiger partial charge in [-0.15, -0.1) is 0 Å². The number of carbonyl (C=O) groups is 1. The number of aromatic amines is 1. The van der Waals surface area contributed by atoms with Crippen molar-refractivity contribution in [1.29, 1.82) is 0 Å². The van der Waals surface area contributed by atoms with Gasteiger partial charge in [0.25, 0.3) is 5.56 Å². The minimum atomic E-state index is -0.498. The molecule has 146 valence electrons. The summed E-state index contributed by atoms with van der Waals surface area (Å²) in [6, 6.07) is 10.8. The first kappa shape index (κ1) is 18.9. The second-order valence-corrected chi connectivity index (χ2v) is 7.03. The number of nitrogens with zero attached hydrogens (tertiary/aromatic N) is 3. The average Bonchev–Trinajstić information content (AvgIpc) is 3.20. The highest BCUT2D eigenvalue weighted by molar-refractivity contribution is 7.98. The molecule has 4 rings (SSSR count). The highest BCUT2D eigenvalue weighted by atomic mass is 32.2. The number of fused-ring (bicyclic) bond motifs is 1. The molecule has 0 saturated heterocycles. The van der Waals surface area contributed by atoms with Gasteiger partial charge in [-0.05, 0) is 36.4 Å². The predicted molar refractivity (Wildman–Crippen MR) is 107 cm³/mol. The van der Waals surface area contributed by atoms with Gasteiger partial charge in [-0.1, -0.05) is 17.8 Å². The summed E-state index contributed by atoms with van der Waals surface area (Å²) in [6.45, 7) is 0. The normalized spacial score (nSPS) is 11.0. The summed E-state index contributed by atoms with van der Waals surface area (Å²) in [5.74, 6) is -0.0700. The molecule has 7 nitrogen and oxygen atoms in total. The quantitative estimate of drug-likeness (QED) is 0.401. The zero-order valence-corrected chi connectivity index (χ0v) is 16.1. The lowest BCUT2D eigenvalue weighted by molar-refractivity contribution is 0.0601. The second-order valence-electron chi connectivity index (χ2n) is 6.08. The van der Waals surface area contributed by atoms with Gasteiger partial charge in [-0.25, -0.2) is 19.2 Å². The molecule has 2 aromatic heterocycles.